The summed E-state index contributed by atoms with van der Waals surface area (Å²) in [6.45, 7) is 0.840. The van der Waals surface area contributed by atoms with Gasteiger partial charge < -0.3 is 15.0 Å². The molecule has 0 atom stereocenters. The summed E-state index contributed by atoms with van der Waals surface area (Å²) in [5, 5.41) is 11.5. The monoisotopic (exact) mass is 570 g/mol. The molecule has 0 amide bonds. The number of aromatic nitrogens is 1. The number of nitrogens with zero attached hydrogens (tertiary/aromatic N) is 3. The van der Waals surface area contributed by atoms with Gasteiger partial charge in [-0.2, -0.15) is 0 Å². The standard InChI is InChI=1S/C32H31FN4O3S/c1-36(2)19-20-37(41(39,40)22-23-9-5-3-6-10-23)27-16-14-26(15-17-27)34-31(24-11-7-4-8-12-24)30-28-18-13-25(33)21-29(28)35-32(30)38/h3-18,21,35,38H,19-20,22H2,1-2H3. The van der Waals surface area contributed by atoms with Crippen molar-refractivity contribution < 1.29 is 17.9 Å². The summed E-state index contributed by atoms with van der Waals surface area (Å²) < 4.78 is 42.4. The molecule has 5 rings (SSSR count). The fourth-order valence-electron chi connectivity index (χ4n) is 4.66. The van der Waals surface area contributed by atoms with Crippen LogP contribution in [0.15, 0.2) is 108 Å². The summed E-state index contributed by atoms with van der Waals surface area (Å²) in [4.78, 5) is 9.66. The van der Waals surface area contributed by atoms with Gasteiger partial charge in [0.2, 0.25) is 10.0 Å². The van der Waals surface area contributed by atoms with Crippen LogP contribution in [-0.2, 0) is 15.8 Å². The first kappa shape index (κ1) is 28.1. The highest BCUT2D eigenvalue weighted by Crippen LogP contribution is 2.32. The highest BCUT2D eigenvalue weighted by molar-refractivity contribution is 7.92. The van der Waals surface area contributed by atoms with E-state index in [1.165, 1.54) is 16.4 Å². The normalized spacial score (nSPS) is 12.2. The van der Waals surface area contributed by atoms with Crippen molar-refractivity contribution >= 4 is 38.0 Å². The molecule has 4 aromatic carbocycles. The zero-order valence-corrected chi connectivity index (χ0v) is 23.6. The molecule has 0 radical (unpaired) electrons. The first-order valence-electron chi connectivity index (χ1n) is 13.1. The summed E-state index contributed by atoms with van der Waals surface area (Å²) in [5.41, 5.74) is 3.98. The Morgan fingerprint density at radius 2 is 1.54 bits per heavy atom. The Morgan fingerprint density at radius 1 is 0.878 bits per heavy atom. The molecule has 41 heavy (non-hydrogen) atoms. The van der Waals surface area contributed by atoms with Gasteiger partial charge >= 0.3 is 0 Å². The molecule has 0 fully saturated rings. The summed E-state index contributed by atoms with van der Waals surface area (Å²) in [6, 6.07) is 29.8. The van der Waals surface area contributed by atoms with Gasteiger partial charge in [0.1, 0.15) is 5.82 Å². The van der Waals surface area contributed by atoms with Gasteiger partial charge in [-0.25, -0.2) is 17.8 Å². The van der Waals surface area contributed by atoms with Crippen LogP contribution in [0.1, 0.15) is 16.7 Å². The van der Waals surface area contributed by atoms with E-state index in [-0.39, 0.29) is 11.6 Å². The van der Waals surface area contributed by atoms with Crippen LogP contribution in [0.2, 0.25) is 0 Å². The molecule has 0 bridgehead atoms. The van der Waals surface area contributed by atoms with Crippen LogP contribution < -0.4 is 4.31 Å². The molecule has 0 saturated heterocycles. The van der Waals surface area contributed by atoms with Crippen LogP contribution in [0.25, 0.3) is 10.9 Å². The number of H-pyrrole nitrogens is 1. The lowest BCUT2D eigenvalue weighted by molar-refractivity contribution is 0.419. The van der Waals surface area contributed by atoms with E-state index in [0.29, 0.717) is 46.6 Å². The van der Waals surface area contributed by atoms with Crippen molar-refractivity contribution in [1.82, 2.24) is 9.88 Å². The lowest BCUT2D eigenvalue weighted by atomic mass is 10.0. The second-order valence-electron chi connectivity index (χ2n) is 10.00. The van der Waals surface area contributed by atoms with Gasteiger partial charge in [-0.15, -0.1) is 0 Å². The van der Waals surface area contributed by atoms with Gasteiger partial charge in [0, 0.05) is 24.0 Å². The largest absolute Gasteiger partial charge is 0.494 e. The summed E-state index contributed by atoms with van der Waals surface area (Å²) in [5.74, 6) is -0.647. The van der Waals surface area contributed by atoms with E-state index in [2.05, 4.69) is 4.98 Å². The number of aliphatic imine (C=N–C) groups is 1. The van der Waals surface area contributed by atoms with Crippen LogP contribution >= 0.6 is 0 Å². The lowest BCUT2D eigenvalue weighted by Gasteiger charge is -2.26. The molecule has 0 aliphatic carbocycles. The Hall–Kier alpha value is -4.47. The van der Waals surface area contributed by atoms with Gasteiger partial charge in [0.25, 0.3) is 0 Å². The smallest absolute Gasteiger partial charge is 0.239 e. The van der Waals surface area contributed by atoms with Crippen molar-refractivity contribution in [2.75, 3.05) is 31.5 Å². The maximum absolute atomic E-state index is 13.9. The third kappa shape index (κ3) is 6.48. The minimum atomic E-state index is -3.67. The predicted octanol–water partition coefficient (Wildman–Crippen LogP) is 6.08. The number of hydrogen-bond donors (Lipinski definition) is 2. The highest BCUT2D eigenvalue weighted by Gasteiger charge is 2.24. The Balaban J connectivity index is 1.54. The third-order valence-corrected chi connectivity index (χ3v) is 8.44. The molecule has 9 heteroatoms. The molecular formula is C32H31FN4O3S. The fourth-order valence-corrected chi connectivity index (χ4v) is 6.23. The van der Waals surface area contributed by atoms with E-state index in [1.54, 1.807) is 42.5 Å². The van der Waals surface area contributed by atoms with Crippen molar-refractivity contribution in [3.63, 3.8) is 0 Å². The molecule has 5 aromatic rings. The molecule has 0 saturated carbocycles. The number of anilines is 1. The Labute approximate surface area is 239 Å². The van der Waals surface area contributed by atoms with E-state index in [0.717, 1.165) is 11.1 Å². The van der Waals surface area contributed by atoms with Crippen LogP contribution in [0, 0.1) is 5.82 Å². The maximum atomic E-state index is 13.9. The second-order valence-corrected chi connectivity index (χ2v) is 11.9. The van der Waals surface area contributed by atoms with Gasteiger partial charge in [0.05, 0.1) is 33.9 Å². The molecule has 0 unspecified atom stereocenters. The molecule has 2 N–H and O–H groups in total. The van der Waals surface area contributed by atoms with E-state index in [4.69, 9.17) is 4.99 Å². The summed E-state index contributed by atoms with van der Waals surface area (Å²) >= 11 is 0. The second kappa shape index (κ2) is 12.0. The number of sulfonamides is 1. The van der Waals surface area contributed by atoms with Gasteiger partial charge in [-0.3, -0.25) is 4.31 Å². The maximum Gasteiger partial charge on any atom is 0.239 e. The van der Waals surface area contributed by atoms with Crippen molar-refractivity contribution in [2.45, 2.75) is 5.75 Å². The Bertz CT molecular complexity index is 1770. The van der Waals surface area contributed by atoms with Crippen molar-refractivity contribution in [3.8, 4) is 5.88 Å². The van der Waals surface area contributed by atoms with Gasteiger partial charge in [-0.05, 0) is 62.1 Å². The van der Waals surface area contributed by atoms with Crippen molar-refractivity contribution in [3.05, 3.63) is 126 Å². The number of nitrogens with one attached hydrogen (secondary N) is 1. The Kier molecular flexibility index (Phi) is 8.19. The number of aromatic amines is 1. The van der Waals surface area contributed by atoms with E-state index < -0.39 is 15.8 Å². The number of hydrogen-bond acceptors (Lipinski definition) is 5. The average Bonchev–Trinajstić information content (AvgIpc) is 3.27. The molecule has 0 aliphatic heterocycles. The molecule has 0 aliphatic rings. The van der Waals surface area contributed by atoms with Crippen LogP contribution in [0.4, 0.5) is 15.8 Å². The first-order valence-corrected chi connectivity index (χ1v) is 14.8. The molecule has 7 nitrogen and oxygen atoms in total. The van der Waals surface area contributed by atoms with E-state index >= 15 is 0 Å². The number of rotatable bonds is 10. The fraction of sp³-hybridized carbons (Fsp3) is 0.156. The molecule has 1 heterocycles. The van der Waals surface area contributed by atoms with Crippen molar-refractivity contribution in [2.24, 2.45) is 4.99 Å². The van der Waals surface area contributed by atoms with E-state index in [9.17, 15) is 17.9 Å². The summed E-state index contributed by atoms with van der Waals surface area (Å²) in [7, 11) is 0.135. The first-order chi connectivity index (χ1) is 19.7. The highest BCUT2D eigenvalue weighted by atomic mass is 32.2. The predicted molar refractivity (Wildman–Crippen MR) is 163 cm³/mol. The minimum absolute atomic E-state index is 0.111. The average molecular weight is 571 g/mol. The number of aromatic hydroxyl groups is 1. The number of likely N-dealkylation sites (N-methyl/N-ethyl adjacent to an activating group) is 1. The van der Waals surface area contributed by atoms with Crippen LogP contribution in [-0.4, -0.2) is 56.3 Å². The van der Waals surface area contributed by atoms with Gasteiger partial charge in [-0.1, -0.05) is 60.7 Å². The summed E-state index contributed by atoms with van der Waals surface area (Å²) in [6.07, 6.45) is 0. The molecular weight excluding hydrogens is 539 g/mol. The number of fused-ring (bicyclic) bond motifs is 1. The SMILES string of the molecule is CN(C)CCN(c1ccc(N=C(c2ccccc2)c2c(O)[nH]c3cc(F)ccc23)cc1)S(=O)(=O)Cc1ccccc1. The topological polar surface area (TPSA) is 89.0 Å². The third-order valence-electron chi connectivity index (χ3n) is 6.68. The zero-order valence-electron chi connectivity index (χ0n) is 22.8. The van der Waals surface area contributed by atoms with Crippen LogP contribution in [0.5, 0.6) is 5.88 Å². The molecule has 210 valence electrons. The van der Waals surface area contributed by atoms with Crippen molar-refractivity contribution in [1.29, 1.82) is 0 Å². The number of benzene rings is 4. The number of halogens is 1. The quantitative estimate of drug-likeness (QED) is 0.199. The lowest BCUT2D eigenvalue weighted by Crippen LogP contribution is -2.37. The molecule has 1 aromatic heterocycles. The van der Waals surface area contributed by atoms with Gasteiger partial charge in [0.15, 0.2) is 5.88 Å². The van der Waals surface area contributed by atoms with Crippen LogP contribution in [0.3, 0.4) is 0 Å². The minimum Gasteiger partial charge on any atom is -0.494 e. The van der Waals surface area contributed by atoms with E-state index in [1.807, 2.05) is 67.5 Å². The Morgan fingerprint density at radius 3 is 2.20 bits per heavy atom. The zero-order chi connectivity index (χ0) is 29.0. The molecule has 0 spiro atoms.